The third kappa shape index (κ3) is 9.13. The average molecular weight is 161 g/mol. The summed E-state index contributed by atoms with van der Waals surface area (Å²) in [7, 11) is 0. The van der Waals surface area contributed by atoms with Crippen LogP contribution in [0.4, 0.5) is 0 Å². The van der Waals surface area contributed by atoms with E-state index in [0.29, 0.717) is 6.61 Å². The molecule has 0 saturated heterocycles. The van der Waals surface area contributed by atoms with E-state index in [1.807, 2.05) is 0 Å². The number of aliphatic hydroxyl groups excluding tert-OH is 1. The standard InChI is InChI=1S/C7H12O4/c8-4-1-2-5-11-6-3-7(9)10/h1-2,8H,3-6H2,(H,9,10)/b2-1+/i8D. The van der Waals surface area contributed by atoms with Gasteiger partial charge in [0.15, 0.2) is 0 Å². The van der Waals surface area contributed by atoms with E-state index in [1.165, 1.54) is 0 Å². The first-order chi connectivity index (χ1) is 5.77. The number of aliphatic carboxylic acids is 1. The maximum atomic E-state index is 9.99. The lowest BCUT2D eigenvalue weighted by Gasteiger charge is -1.95. The molecule has 4 heteroatoms. The van der Waals surface area contributed by atoms with Gasteiger partial charge >= 0.3 is 5.97 Å². The molecular weight excluding hydrogens is 148 g/mol. The van der Waals surface area contributed by atoms with E-state index in [4.69, 9.17) is 11.3 Å². The predicted molar refractivity (Wildman–Crippen MR) is 39.3 cm³/mol. The maximum absolute atomic E-state index is 9.99. The van der Waals surface area contributed by atoms with Gasteiger partial charge < -0.3 is 15.0 Å². The summed E-state index contributed by atoms with van der Waals surface area (Å²) >= 11 is 0. The molecule has 0 aromatic heterocycles. The van der Waals surface area contributed by atoms with Crippen LogP contribution in [0, 0.1) is 0 Å². The van der Waals surface area contributed by atoms with Crippen molar-refractivity contribution in [1.29, 1.82) is 1.43 Å². The summed E-state index contributed by atoms with van der Waals surface area (Å²) in [6, 6.07) is 0. The van der Waals surface area contributed by atoms with Crippen molar-refractivity contribution in [2.24, 2.45) is 0 Å². The fourth-order valence-electron chi connectivity index (χ4n) is 0.447. The minimum absolute atomic E-state index is 0.0167. The molecule has 0 aliphatic carbocycles. The van der Waals surface area contributed by atoms with Crippen molar-refractivity contribution < 1.29 is 19.7 Å². The highest BCUT2D eigenvalue weighted by molar-refractivity contribution is 5.66. The Labute approximate surface area is 66.6 Å². The van der Waals surface area contributed by atoms with E-state index in [2.05, 4.69) is 5.11 Å². The molecule has 0 unspecified atom stereocenters. The molecule has 11 heavy (non-hydrogen) atoms. The van der Waals surface area contributed by atoms with E-state index in [0.717, 1.165) is 0 Å². The van der Waals surface area contributed by atoms with E-state index in [1.54, 1.807) is 12.2 Å². The van der Waals surface area contributed by atoms with Gasteiger partial charge in [-0.15, -0.1) is 0 Å². The molecule has 0 aromatic rings. The third-order valence-corrected chi connectivity index (χ3v) is 0.937. The van der Waals surface area contributed by atoms with Crippen LogP contribution in [0.3, 0.4) is 0 Å². The lowest BCUT2D eigenvalue weighted by atomic mass is 10.5. The Bertz CT molecular complexity index is 146. The molecular formula is C7H12O4. The second-order valence-electron chi connectivity index (χ2n) is 1.86. The number of aliphatic hydroxyl groups is 1. The van der Waals surface area contributed by atoms with Gasteiger partial charge in [-0.2, -0.15) is 0 Å². The van der Waals surface area contributed by atoms with Crippen molar-refractivity contribution in [2.45, 2.75) is 6.42 Å². The smallest absolute Gasteiger partial charge is 0.305 e. The molecule has 0 amide bonds. The lowest BCUT2D eigenvalue weighted by molar-refractivity contribution is -0.138. The zero-order chi connectivity index (χ0) is 9.23. The van der Waals surface area contributed by atoms with Gasteiger partial charge in [-0.25, -0.2) is 0 Å². The van der Waals surface area contributed by atoms with Crippen LogP contribution in [0.15, 0.2) is 12.2 Å². The Morgan fingerprint density at radius 3 is 3.09 bits per heavy atom. The molecule has 0 aromatic carbocycles. The average Bonchev–Trinajstić information content (AvgIpc) is 2.02. The summed E-state index contributed by atoms with van der Waals surface area (Å²) in [5, 5.41) is 12.2. The molecule has 0 spiro atoms. The zero-order valence-corrected chi connectivity index (χ0v) is 6.16. The molecule has 0 aliphatic heterocycles. The van der Waals surface area contributed by atoms with Crippen LogP contribution in [0.2, 0.25) is 0 Å². The number of carboxylic acid groups (broad SMARTS) is 1. The minimum atomic E-state index is -0.867. The monoisotopic (exact) mass is 161 g/mol. The SMILES string of the molecule is [2H]OC/C=C/COCCC(=O)O. The number of rotatable bonds is 7. The van der Waals surface area contributed by atoms with Gasteiger partial charge in [0.2, 0.25) is 1.43 Å². The largest absolute Gasteiger partial charge is 0.481 e. The van der Waals surface area contributed by atoms with Crippen LogP contribution in [0.25, 0.3) is 0 Å². The van der Waals surface area contributed by atoms with Crippen LogP contribution < -0.4 is 0 Å². The molecule has 0 bridgehead atoms. The van der Waals surface area contributed by atoms with Gasteiger partial charge in [0.05, 0.1) is 26.2 Å². The molecule has 4 nitrogen and oxygen atoms in total. The molecule has 0 heterocycles. The summed E-state index contributed by atoms with van der Waals surface area (Å²) in [4.78, 5) is 9.99. The van der Waals surface area contributed by atoms with Crippen molar-refractivity contribution in [3.05, 3.63) is 12.2 Å². The topological polar surface area (TPSA) is 66.8 Å². The van der Waals surface area contributed by atoms with E-state index < -0.39 is 5.97 Å². The minimum Gasteiger partial charge on any atom is -0.481 e. The second kappa shape index (κ2) is 7.24. The number of carbonyl (C=O) groups is 1. The normalized spacial score (nSPS) is 11.8. The van der Waals surface area contributed by atoms with E-state index in [9.17, 15) is 4.79 Å². The predicted octanol–water partition coefficient (Wildman–Crippen LogP) is 0.0262. The highest BCUT2D eigenvalue weighted by Crippen LogP contribution is 1.83. The van der Waals surface area contributed by atoms with Gasteiger partial charge in [-0.05, 0) is 0 Å². The van der Waals surface area contributed by atoms with Crippen LogP contribution in [0.5, 0.6) is 0 Å². The Morgan fingerprint density at radius 2 is 2.45 bits per heavy atom. The molecule has 0 radical (unpaired) electrons. The Balaban J connectivity index is 3.05. The van der Waals surface area contributed by atoms with E-state index >= 15 is 0 Å². The van der Waals surface area contributed by atoms with Crippen molar-refractivity contribution in [3.63, 3.8) is 0 Å². The highest BCUT2D eigenvalue weighted by atomic mass is 16.5. The Morgan fingerprint density at radius 1 is 1.64 bits per heavy atom. The van der Waals surface area contributed by atoms with Crippen LogP contribution in [-0.4, -0.2) is 37.4 Å². The van der Waals surface area contributed by atoms with Crippen molar-refractivity contribution >= 4 is 5.97 Å². The molecule has 0 aliphatic rings. The lowest BCUT2D eigenvalue weighted by Crippen LogP contribution is -2.02. The molecule has 0 saturated carbocycles. The number of carboxylic acids is 1. The van der Waals surface area contributed by atoms with Gasteiger partial charge in [0.1, 0.15) is 0 Å². The van der Waals surface area contributed by atoms with Gasteiger partial charge in [-0.1, -0.05) is 12.2 Å². The quantitative estimate of drug-likeness (QED) is 0.408. The van der Waals surface area contributed by atoms with Crippen LogP contribution in [-0.2, 0) is 9.53 Å². The first kappa shape index (κ1) is 8.23. The maximum Gasteiger partial charge on any atom is 0.305 e. The van der Waals surface area contributed by atoms with E-state index in [-0.39, 0.29) is 19.6 Å². The fourth-order valence-corrected chi connectivity index (χ4v) is 0.447. The van der Waals surface area contributed by atoms with Gasteiger partial charge in [0.25, 0.3) is 0 Å². The highest BCUT2D eigenvalue weighted by Gasteiger charge is 1.93. The molecule has 64 valence electrons. The number of hydrogen-bond acceptors (Lipinski definition) is 3. The molecule has 0 fully saturated rings. The Kier molecular flexibility index (Phi) is 5.42. The number of ether oxygens (including phenoxy) is 1. The third-order valence-electron chi connectivity index (χ3n) is 0.937. The van der Waals surface area contributed by atoms with Crippen molar-refractivity contribution in [1.82, 2.24) is 0 Å². The summed E-state index contributed by atoms with van der Waals surface area (Å²) in [5.74, 6) is -0.867. The Hall–Kier alpha value is -0.870. The number of hydrogen-bond donors (Lipinski definition) is 2. The van der Waals surface area contributed by atoms with Crippen molar-refractivity contribution in [3.8, 4) is 0 Å². The molecule has 0 atom stereocenters. The summed E-state index contributed by atoms with van der Waals surface area (Å²) < 4.78 is 11.2. The van der Waals surface area contributed by atoms with Gasteiger partial charge in [-0.3, -0.25) is 4.79 Å². The summed E-state index contributed by atoms with van der Waals surface area (Å²) in [6.45, 7) is 0.792. The molecule has 2 N–H and O–H groups in total. The molecule has 0 rings (SSSR count). The second-order valence-corrected chi connectivity index (χ2v) is 1.86. The fraction of sp³-hybridized carbons (Fsp3) is 0.571. The summed E-state index contributed by atoms with van der Waals surface area (Å²) in [5.41, 5.74) is 0. The van der Waals surface area contributed by atoms with Crippen molar-refractivity contribution in [2.75, 3.05) is 19.8 Å². The zero-order valence-electron chi connectivity index (χ0n) is 7.16. The van der Waals surface area contributed by atoms with Crippen LogP contribution in [0.1, 0.15) is 6.42 Å². The van der Waals surface area contributed by atoms with Crippen LogP contribution >= 0.6 is 0 Å². The first-order valence-electron chi connectivity index (χ1n) is 3.71. The first-order valence-corrected chi connectivity index (χ1v) is 3.30. The van der Waals surface area contributed by atoms with Gasteiger partial charge in [0, 0.05) is 0 Å². The summed E-state index contributed by atoms with van der Waals surface area (Å²) in [6.07, 6.45) is 3.33.